The summed E-state index contributed by atoms with van der Waals surface area (Å²) >= 11 is 0. The summed E-state index contributed by atoms with van der Waals surface area (Å²) in [5.41, 5.74) is 2.63. The number of carbonyl (C=O) groups is 1. The lowest BCUT2D eigenvalue weighted by molar-refractivity contribution is -0.119. The van der Waals surface area contributed by atoms with Crippen molar-refractivity contribution in [1.82, 2.24) is 0 Å². The summed E-state index contributed by atoms with van der Waals surface area (Å²) < 4.78 is 5.25. The molecule has 3 aromatic rings. The zero-order valence-corrected chi connectivity index (χ0v) is 14.7. The van der Waals surface area contributed by atoms with Crippen molar-refractivity contribution in [1.29, 1.82) is 0 Å². The van der Waals surface area contributed by atoms with Gasteiger partial charge < -0.3 is 4.74 Å². The van der Waals surface area contributed by atoms with Gasteiger partial charge in [-0.1, -0.05) is 42.5 Å². The molecule has 1 amide bonds. The Balaban J connectivity index is 1.89. The van der Waals surface area contributed by atoms with E-state index in [2.05, 4.69) is 0 Å². The third-order valence-electron chi connectivity index (χ3n) is 4.55. The molecular formula is C21H22N2O2. The van der Waals surface area contributed by atoms with Gasteiger partial charge in [-0.25, -0.2) is 10.9 Å². The number of methoxy groups -OCH3 is 1. The molecule has 0 saturated carbocycles. The number of benzene rings is 3. The molecule has 2 N–H and O–H groups in total. The first-order chi connectivity index (χ1) is 12.0. The number of anilines is 1. The SMILES string of the molecule is COc1ccc2cc([C@H](C)C(=O)N(N)c3ccccc3C)ccc2c1. The third kappa shape index (κ3) is 3.35. The summed E-state index contributed by atoms with van der Waals surface area (Å²) in [7, 11) is 1.65. The molecule has 0 spiro atoms. The largest absolute Gasteiger partial charge is 0.497 e. The monoisotopic (exact) mass is 334 g/mol. The van der Waals surface area contributed by atoms with E-state index >= 15 is 0 Å². The van der Waals surface area contributed by atoms with Gasteiger partial charge in [0.05, 0.1) is 18.7 Å². The predicted molar refractivity (Wildman–Crippen MR) is 102 cm³/mol. The summed E-state index contributed by atoms with van der Waals surface area (Å²) in [5.74, 6) is 6.44. The molecule has 0 radical (unpaired) electrons. The van der Waals surface area contributed by atoms with Crippen molar-refractivity contribution < 1.29 is 9.53 Å². The first-order valence-electron chi connectivity index (χ1n) is 8.23. The first-order valence-corrected chi connectivity index (χ1v) is 8.23. The first kappa shape index (κ1) is 17.0. The van der Waals surface area contributed by atoms with Crippen LogP contribution in [0.3, 0.4) is 0 Å². The molecule has 0 aliphatic rings. The average molecular weight is 334 g/mol. The molecule has 128 valence electrons. The zero-order valence-electron chi connectivity index (χ0n) is 14.7. The van der Waals surface area contributed by atoms with E-state index in [4.69, 9.17) is 10.6 Å². The number of fused-ring (bicyclic) bond motifs is 1. The molecule has 0 heterocycles. The van der Waals surface area contributed by atoms with Crippen LogP contribution in [0.25, 0.3) is 10.8 Å². The third-order valence-corrected chi connectivity index (χ3v) is 4.55. The number of hydrogen-bond donors (Lipinski definition) is 1. The molecule has 0 unspecified atom stereocenters. The van der Waals surface area contributed by atoms with Gasteiger partial charge in [-0.15, -0.1) is 0 Å². The van der Waals surface area contributed by atoms with Crippen LogP contribution in [0.1, 0.15) is 24.0 Å². The lowest BCUT2D eigenvalue weighted by Gasteiger charge is -2.23. The highest BCUT2D eigenvalue weighted by atomic mass is 16.5. The highest BCUT2D eigenvalue weighted by molar-refractivity contribution is 5.98. The fourth-order valence-electron chi connectivity index (χ4n) is 2.94. The van der Waals surface area contributed by atoms with Crippen molar-refractivity contribution in [2.24, 2.45) is 5.84 Å². The number of amides is 1. The number of para-hydroxylation sites is 1. The molecule has 4 heteroatoms. The Labute approximate surface area is 147 Å². The van der Waals surface area contributed by atoms with Crippen molar-refractivity contribution in [2.75, 3.05) is 12.1 Å². The van der Waals surface area contributed by atoms with E-state index in [9.17, 15) is 4.79 Å². The van der Waals surface area contributed by atoms with Crippen LogP contribution >= 0.6 is 0 Å². The van der Waals surface area contributed by atoms with Gasteiger partial charge in [0, 0.05) is 0 Å². The molecule has 1 atom stereocenters. The van der Waals surface area contributed by atoms with Gasteiger partial charge >= 0.3 is 0 Å². The maximum Gasteiger partial charge on any atom is 0.248 e. The fourth-order valence-corrected chi connectivity index (χ4v) is 2.94. The second-order valence-electron chi connectivity index (χ2n) is 6.19. The minimum Gasteiger partial charge on any atom is -0.497 e. The second kappa shape index (κ2) is 6.95. The number of nitrogens with zero attached hydrogens (tertiary/aromatic N) is 1. The van der Waals surface area contributed by atoms with Gasteiger partial charge in [-0.3, -0.25) is 4.79 Å². The Bertz CT molecular complexity index is 921. The molecular weight excluding hydrogens is 312 g/mol. The van der Waals surface area contributed by atoms with Crippen molar-refractivity contribution in [2.45, 2.75) is 19.8 Å². The Hall–Kier alpha value is -2.85. The maximum absolute atomic E-state index is 12.8. The minimum absolute atomic E-state index is 0.137. The molecule has 4 nitrogen and oxygen atoms in total. The van der Waals surface area contributed by atoms with Crippen LogP contribution in [0.5, 0.6) is 5.75 Å². The molecule has 0 bridgehead atoms. The highest BCUT2D eigenvalue weighted by Gasteiger charge is 2.22. The lowest BCUT2D eigenvalue weighted by atomic mass is 9.96. The topological polar surface area (TPSA) is 55.6 Å². The van der Waals surface area contributed by atoms with Gasteiger partial charge in [0.2, 0.25) is 5.91 Å². The van der Waals surface area contributed by atoms with Crippen LogP contribution in [0.15, 0.2) is 60.7 Å². The summed E-state index contributed by atoms with van der Waals surface area (Å²) in [6.07, 6.45) is 0. The van der Waals surface area contributed by atoms with Gasteiger partial charge in [0.1, 0.15) is 5.75 Å². The number of rotatable bonds is 4. The maximum atomic E-state index is 12.8. The molecule has 0 saturated heterocycles. The molecule has 0 aromatic heterocycles. The van der Waals surface area contributed by atoms with Crippen LogP contribution in [0.4, 0.5) is 5.69 Å². The van der Waals surface area contributed by atoms with E-state index in [-0.39, 0.29) is 11.8 Å². The number of ether oxygens (including phenoxy) is 1. The van der Waals surface area contributed by atoms with E-state index in [1.54, 1.807) is 7.11 Å². The van der Waals surface area contributed by atoms with E-state index in [1.807, 2.05) is 74.5 Å². The number of nitrogens with two attached hydrogens (primary N) is 1. The smallest absolute Gasteiger partial charge is 0.248 e. The van der Waals surface area contributed by atoms with E-state index in [0.717, 1.165) is 33.3 Å². The summed E-state index contributed by atoms with van der Waals surface area (Å²) in [5, 5.41) is 3.39. The summed E-state index contributed by atoms with van der Waals surface area (Å²) in [6, 6.07) is 19.5. The van der Waals surface area contributed by atoms with Crippen molar-refractivity contribution in [3.05, 3.63) is 71.8 Å². The molecule has 0 aliphatic heterocycles. The Kier molecular flexibility index (Phi) is 4.72. The lowest BCUT2D eigenvalue weighted by Crippen LogP contribution is -2.40. The highest BCUT2D eigenvalue weighted by Crippen LogP contribution is 2.27. The van der Waals surface area contributed by atoms with E-state index in [0.29, 0.717) is 0 Å². The molecule has 0 aliphatic carbocycles. The number of carbonyl (C=O) groups excluding carboxylic acids is 1. The quantitative estimate of drug-likeness (QED) is 0.443. The van der Waals surface area contributed by atoms with Crippen molar-refractivity contribution >= 4 is 22.4 Å². The van der Waals surface area contributed by atoms with Crippen LogP contribution in [0, 0.1) is 6.92 Å². The normalized spacial score (nSPS) is 12.0. The van der Waals surface area contributed by atoms with Crippen LogP contribution in [-0.4, -0.2) is 13.0 Å². The van der Waals surface area contributed by atoms with Crippen LogP contribution in [0.2, 0.25) is 0 Å². The van der Waals surface area contributed by atoms with Crippen LogP contribution in [-0.2, 0) is 4.79 Å². The molecule has 0 fully saturated rings. The second-order valence-corrected chi connectivity index (χ2v) is 6.19. The van der Waals surface area contributed by atoms with Gasteiger partial charge in [0.25, 0.3) is 0 Å². The minimum atomic E-state index is -0.337. The molecule has 3 rings (SSSR count). The Morgan fingerprint density at radius 1 is 1.04 bits per heavy atom. The van der Waals surface area contributed by atoms with Crippen molar-refractivity contribution in [3.63, 3.8) is 0 Å². The van der Waals surface area contributed by atoms with E-state index in [1.165, 1.54) is 5.01 Å². The number of hydrazine groups is 1. The number of hydrogen-bond acceptors (Lipinski definition) is 3. The van der Waals surface area contributed by atoms with E-state index < -0.39 is 0 Å². The predicted octanol–water partition coefficient (Wildman–Crippen LogP) is 4.17. The molecule has 3 aromatic carbocycles. The van der Waals surface area contributed by atoms with Crippen molar-refractivity contribution in [3.8, 4) is 5.75 Å². The molecule has 25 heavy (non-hydrogen) atoms. The number of aryl methyl sites for hydroxylation is 1. The Morgan fingerprint density at radius 3 is 2.44 bits per heavy atom. The summed E-state index contributed by atoms with van der Waals surface area (Å²) in [6.45, 7) is 3.82. The van der Waals surface area contributed by atoms with Gasteiger partial charge in [-0.2, -0.15) is 0 Å². The zero-order chi connectivity index (χ0) is 18.0. The van der Waals surface area contributed by atoms with Gasteiger partial charge in [0.15, 0.2) is 0 Å². The summed E-state index contributed by atoms with van der Waals surface area (Å²) in [4.78, 5) is 12.8. The Morgan fingerprint density at radius 2 is 1.72 bits per heavy atom. The fraction of sp³-hybridized carbons (Fsp3) is 0.190. The van der Waals surface area contributed by atoms with Crippen LogP contribution < -0.4 is 15.6 Å². The standard InChI is InChI=1S/C21H22N2O2/c1-14-6-4-5-7-20(14)23(22)21(24)15(2)16-8-9-18-13-19(25-3)11-10-17(18)12-16/h4-13,15H,22H2,1-3H3/t15-/m0/s1. The van der Waals surface area contributed by atoms with Gasteiger partial charge in [-0.05, 0) is 53.9 Å². The average Bonchev–Trinajstić information content (AvgIpc) is 2.65.